The van der Waals surface area contributed by atoms with Gasteiger partial charge in [-0.1, -0.05) is 0 Å². The van der Waals surface area contributed by atoms with Crippen molar-refractivity contribution >= 4 is 11.6 Å². The molecule has 0 unspecified atom stereocenters. The molecule has 4 heteroatoms. The van der Waals surface area contributed by atoms with Crippen LogP contribution in [-0.4, -0.2) is 33.6 Å². The van der Waals surface area contributed by atoms with Gasteiger partial charge < -0.3 is 0 Å². The van der Waals surface area contributed by atoms with Gasteiger partial charge in [0, 0.05) is 25.7 Å². The van der Waals surface area contributed by atoms with Crippen LogP contribution in [0.25, 0.3) is 0 Å². The van der Waals surface area contributed by atoms with Crippen molar-refractivity contribution in [3.8, 4) is 0 Å². The topological polar surface area (TPSA) is 21.1 Å². The van der Waals surface area contributed by atoms with Gasteiger partial charge in [0.1, 0.15) is 0 Å². The minimum Gasteiger partial charge on any atom is -0.297 e. The van der Waals surface area contributed by atoms with Gasteiger partial charge in [0.05, 0.1) is 5.69 Å². The van der Waals surface area contributed by atoms with Gasteiger partial charge in [-0.05, 0) is 37.9 Å². The molecule has 1 aromatic heterocycles. The first kappa shape index (κ1) is 11.0. The Hall–Kier alpha value is -0.540. The Bertz CT molecular complexity index is 303. The fourth-order valence-electron chi connectivity index (χ4n) is 2.08. The van der Waals surface area contributed by atoms with E-state index in [9.17, 15) is 0 Å². The zero-order chi connectivity index (χ0) is 10.7. The summed E-state index contributed by atoms with van der Waals surface area (Å²) in [6.07, 6.45) is 4.47. The van der Waals surface area contributed by atoms with Gasteiger partial charge in [-0.25, -0.2) is 0 Å². The van der Waals surface area contributed by atoms with Gasteiger partial charge in [0.25, 0.3) is 0 Å². The molecule has 84 valence electrons. The number of aromatic nitrogens is 2. The number of hydrogen-bond donors (Lipinski definition) is 0. The summed E-state index contributed by atoms with van der Waals surface area (Å²) in [6.45, 7) is 3.30. The Morgan fingerprint density at radius 3 is 2.73 bits per heavy atom. The van der Waals surface area contributed by atoms with Gasteiger partial charge in [0.2, 0.25) is 0 Å². The molecular formula is C11H18ClN3. The van der Waals surface area contributed by atoms with E-state index in [1.54, 1.807) is 0 Å². The minimum absolute atomic E-state index is 0.728. The first-order valence-electron chi connectivity index (χ1n) is 5.55. The molecule has 0 bridgehead atoms. The Morgan fingerprint density at radius 1 is 1.47 bits per heavy atom. The summed E-state index contributed by atoms with van der Waals surface area (Å²) >= 11 is 5.86. The fraction of sp³-hybridized carbons (Fsp3) is 0.727. The quantitative estimate of drug-likeness (QED) is 0.736. The molecule has 3 nitrogen and oxygen atoms in total. The number of alkyl halides is 1. The Balaban J connectivity index is 1.82. The number of halogens is 1. The molecule has 1 aliphatic rings. The summed E-state index contributed by atoms with van der Waals surface area (Å²) in [5.41, 5.74) is 1.17. The molecule has 2 heterocycles. The van der Waals surface area contributed by atoms with Crippen molar-refractivity contribution in [2.45, 2.75) is 19.4 Å². The molecule has 0 atom stereocenters. The van der Waals surface area contributed by atoms with Gasteiger partial charge in [-0.3, -0.25) is 9.58 Å². The molecule has 1 fully saturated rings. The highest BCUT2D eigenvalue weighted by atomic mass is 35.5. The molecule has 0 saturated carbocycles. The van der Waals surface area contributed by atoms with Crippen LogP contribution in [0.4, 0.5) is 0 Å². The summed E-state index contributed by atoms with van der Waals surface area (Å²) in [6, 6.07) is 2.09. The largest absolute Gasteiger partial charge is 0.297 e. The Labute approximate surface area is 96.0 Å². The number of hydrogen-bond acceptors (Lipinski definition) is 2. The molecule has 15 heavy (non-hydrogen) atoms. The first-order valence-corrected chi connectivity index (χ1v) is 6.08. The van der Waals surface area contributed by atoms with Crippen molar-refractivity contribution in [1.82, 2.24) is 14.7 Å². The fourth-order valence-corrected chi connectivity index (χ4v) is 2.38. The maximum absolute atomic E-state index is 5.86. The molecule has 0 aliphatic carbocycles. The molecule has 0 N–H and O–H groups in total. The lowest BCUT2D eigenvalue weighted by Crippen LogP contribution is -2.33. The normalized spacial score (nSPS) is 19.6. The van der Waals surface area contributed by atoms with E-state index in [4.69, 9.17) is 11.6 Å². The predicted octanol–water partition coefficient (Wildman–Crippen LogP) is 1.87. The zero-order valence-electron chi connectivity index (χ0n) is 9.19. The summed E-state index contributed by atoms with van der Waals surface area (Å²) in [7, 11) is 1.96. The van der Waals surface area contributed by atoms with Gasteiger partial charge in [-0.15, -0.1) is 11.6 Å². The van der Waals surface area contributed by atoms with Crippen LogP contribution >= 0.6 is 11.6 Å². The van der Waals surface area contributed by atoms with Crippen molar-refractivity contribution in [2.75, 3.05) is 19.0 Å². The zero-order valence-corrected chi connectivity index (χ0v) is 9.95. The number of nitrogens with zero attached hydrogens (tertiary/aromatic N) is 3. The monoisotopic (exact) mass is 227 g/mol. The van der Waals surface area contributed by atoms with Crippen molar-refractivity contribution in [3.05, 3.63) is 18.0 Å². The summed E-state index contributed by atoms with van der Waals surface area (Å²) in [5, 5.41) is 4.39. The first-order chi connectivity index (χ1) is 7.28. The van der Waals surface area contributed by atoms with E-state index in [1.807, 2.05) is 17.9 Å². The molecule has 0 radical (unpaired) electrons. The lowest BCUT2D eigenvalue weighted by Gasteiger charge is -2.30. The molecule has 0 amide bonds. The van der Waals surface area contributed by atoms with Crippen molar-refractivity contribution in [1.29, 1.82) is 0 Å². The smallest absolute Gasteiger partial charge is 0.0764 e. The summed E-state index contributed by atoms with van der Waals surface area (Å²) in [4.78, 5) is 2.46. The lowest BCUT2D eigenvalue weighted by atomic mass is 9.99. The minimum atomic E-state index is 0.728. The van der Waals surface area contributed by atoms with Gasteiger partial charge >= 0.3 is 0 Å². The third kappa shape index (κ3) is 2.95. The second kappa shape index (κ2) is 4.99. The summed E-state index contributed by atoms with van der Waals surface area (Å²) < 4.78 is 1.86. The number of rotatable bonds is 3. The molecule has 0 spiro atoms. The summed E-state index contributed by atoms with van der Waals surface area (Å²) in [5.74, 6) is 1.55. The predicted molar refractivity (Wildman–Crippen MR) is 61.9 cm³/mol. The lowest BCUT2D eigenvalue weighted by molar-refractivity contribution is 0.184. The van der Waals surface area contributed by atoms with Crippen LogP contribution in [0.3, 0.4) is 0 Å². The number of piperidine rings is 1. The Morgan fingerprint density at radius 2 is 2.20 bits per heavy atom. The maximum atomic E-state index is 5.86. The van der Waals surface area contributed by atoms with E-state index in [1.165, 1.54) is 18.5 Å². The van der Waals surface area contributed by atoms with E-state index < -0.39 is 0 Å². The third-order valence-corrected chi connectivity index (χ3v) is 3.52. The van der Waals surface area contributed by atoms with Crippen molar-refractivity contribution in [3.63, 3.8) is 0 Å². The average Bonchev–Trinajstić information content (AvgIpc) is 2.65. The standard InChI is InChI=1S/C11H18ClN3/c1-14-5-4-11(13-14)9-15-6-2-10(8-12)3-7-15/h4-5,10H,2-3,6-9H2,1H3. The maximum Gasteiger partial charge on any atom is 0.0764 e. The van der Waals surface area contributed by atoms with E-state index in [2.05, 4.69) is 16.1 Å². The van der Waals surface area contributed by atoms with E-state index >= 15 is 0 Å². The molecule has 1 aromatic rings. The third-order valence-electron chi connectivity index (χ3n) is 3.08. The van der Waals surface area contributed by atoms with Crippen molar-refractivity contribution < 1.29 is 0 Å². The number of likely N-dealkylation sites (tertiary alicyclic amines) is 1. The highest BCUT2D eigenvalue weighted by Gasteiger charge is 2.18. The molecule has 0 aromatic carbocycles. The van der Waals surface area contributed by atoms with Crippen LogP contribution in [0.15, 0.2) is 12.3 Å². The van der Waals surface area contributed by atoms with E-state index in [-0.39, 0.29) is 0 Å². The van der Waals surface area contributed by atoms with Gasteiger partial charge in [-0.2, -0.15) is 5.10 Å². The SMILES string of the molecule is Cn1ccc(CN2CCC(CCl)CC2)n1. The van der Waals surface area contributed by atoms with E-state index in [0.717, 1.165) is 31.4 Å². The molecule has 2 rings (SSSR count). The van der Waals surface area contributed by atoms with Crippen LogP contribution in [0.5, 0.6) is 0 Å². The molecule has 1 aliphatic heterocycles. The molecule has 1 saturated heterocycles. The second-order valence-corrected chi connectivity index (χ2v) is 4.66. The van der Waals surface area contributed by atoms with Gasteiger partial charge in [0.15, 0.2) is 0 Å². The highest BCUT2D eigenvalue weighted by Crippen LogP contribution is 2.19. The second-order valence-electron chi connectivity index (χ2n) is 4.35. The van der Waals surface area contributed by atoms with Crippen molar-refractivity contribution in [2.24, 2.45) is 13.0 Å². The Kier molecular flexibility index (Phi) is 3.65. The molecular weight excluding hydrogens is 210 g/mol. The van der Waals surface area contributed by atoms with Crippen LogP contribution in [-0.2, 0) is 13.6 Å². The van der Waals surface area contributed by atoms with Crippen LogP contribution < -0.4 is 0 Å². The highest BCUT2D eigenvalue weighted by molar-refractivity contribution is 6.18. The van der Waals surface area contributed by atoms with Crippen LogP contribution in [0.1, 0.15) is 18.5 Å². The van der Waals surface area contributed by atoms with Crippen LogP contribution in [0.2, 0.25) is 0 Å². The van der Waals surface area contributed by atoms with E-state index in [0.29, 0.717) is 0 Å². The average molecular weight is 228 g/mol. The number of aryl methyl sites for hydroxylation is 1. The van der Waals surface area contributed by atoms with Crippen LogP contribution in [0, 0.1) is 5.92 Å².